The van der Waals surface area contributed by atoms with Crippen molar-refractivity contribution in [1.82, 2.24) is 5.32 Å². The maximum Gasteiger partial charge on any atom is 0.408 e. The molecule has 4 nitrogen and oxygen atoms in total. The first kappa shape index (κ1) is 15.9. The largest absolute Gasteiger partial charge is 0.444 e. The lowest BCUT2D eigenvalue weighted by atomic mass is 10.1. The van der Waals surface area contributed by atoms with E-state index in [1.54, 1.807) is 11.8 Å². The summed E-state index contributed by atoms with van der Waals surface area (Å²) in [6.45, 7) is 5.83. The van der Waals surface area contributed by atoms with Crippen molar-refractivity contribution in [3.8, 4) is 0 Å². The van der Waals surface area contributed by atoms with Gasteiger partial charge < -0.3 is 15.8 Å². The molecule has 0 spiro atoms. The molecular weight excluding hydrogens is 260 g/mol. The first-order valence-corrected chi connectivity index (χ1v) is 7.41. The predicted molar refractivity (Wildman–Crippen MR) is 79.4 cm³/mol. The van der Waals surface area contributed by atoms with Crippen LogP contribution in [0.25, 0.3) is 0 Å². The van der Waals surface area contributed by atoms with Crippen LogP contribution in [0.2, 0.25) is 0 Å². The molecule has 0 radical (unpaired) electrons. The molecule has 0 aliphatic heterocycles. The first-order chi connectivity index (χ1) is 8.85. The summed E-state index contributed by atoms with van der Waals surface area (Å²) in [5.74, 6) is 0. The van der Waals surface area contributed by atoms with Gasteiger partial charge in [-0.2, -0.15) is 0 Å². The Morgan fingerprint density at radius 3 is 2.68 bits per heavy atom. The van der Waals surface area contributed by atoms with Crippen molar-refractivity contribution in [2.45, 2.75) is 37.3 Å². The Hall–Kier alpha value is -1.20. The summed E-state index contributed by atoms with van der Waals surface area (Å²) in [6, 6.07) is 7.73. The van der Waals surface area contributed by atoms with Gasteiger partial charge in [0.2, 0.25) is 0 Å². The van der Waals surface area contributed by atoms with E-state index < -0.39 is 11.7 Å². The van der Waals surface area contributed by atoms with Gasteiger partial charge in [0.15, 0.2) is 0 Å². The summed E-state index contributed by atoms with van der Waals surface area (Å²) in [5, 5.41) is 2.80. The lowest BCUT2D eigenvalue weighted by Gasteiger charge is -2.23. The number of nitrogens with two attached hydrogens (primary N) is 1. The smallest absolute Gasteiger partial charge is 0.408 e. The molecule has 1 amide bonds. The molecule has 0 saturated heterocycles. The molecule has 1 atom stereocenters. The van der Waals surface area contributed by atoms with Crippen molar-refractivity contribution in [1.29, 1.82) is 0 Å². The molecule has 19 heavy (non-hydrogen) atoms. The summed E-state index contributed by atoms with van der Waals surface area (Å²) < 4.78 is 5.24. The zero-order valence-electron chi connectivity index (χ0n) is 11.9. The van der Waals surface area contributed by atoms with Gasteiger partial charge in [0.05, 0.1) is 6.04 Å². The molecule has 1 unspecified atom stereocenters. The number of amides is 1. The number of ether oxygens (including phenoxy) is 1. The summed E-state index contributed by atoms with van der Waals surface area (Å²) in [6.07, 6.45) is 1.57. The Morgan fingerprint density at radius 1 is 1.47 bits per heavy atom. The number of benzene rings is 1. The summed E-state index contributed by atoms with van der Waals surface area (Å²) in [5.41, 5.74) is 6.21. The van der Waals surface area contributed by atoms with E-state index in [0.29, 0.717) is 6.54 Å². The quantitative estimate of drug-likeness (QED) is 0.833. The normalized spacial score (nSPS) is 12.9. The van der Waals surface area contributed by atoms with Gasteiger partial charge in [-0.1, -0.05) is 12.1 Å². The molecule has 0 heterocycles. The van der Waals surface area contributed by atoms with Crippen molar-refractivity contribution in [3.63, 3.8) is 0 Å². The third kappa shape index (κ3) is 5.53. The van der Waals surface area contributed by atoms with Crippen LogP contribution in [-0.2, 0) is 4.74 Å². The Balaban J connectivity index is 2.75. The van der Waals surface area contributed by atoms with Crippen LogP contribution in [0.5, 0.6) is 0 Å². The van der Waals surface area contributed by atoms with Crippen molar-refractivity contribution >= 4 is 17.9 Å². The number of thioether (sulfide) groups is 1. The average molecular weight is 282 g/mol. The highest BCUT2D eigenvalue weighted by atomic mass is 32.2. The summed E-state index contributed by atoms with van der Waals surface area (Å²) in [4.78, 5) is 12.9. The highest BCUT2D eigenvalue weighted by molar-refractivity contribution is 7.98. The minimum Gasteiger partial charge on any atom is -0.444 e. The lowest BCUT2D eigenvalue weighted by molar-refractivity contribution is 0.0505. The highest BCUT2D eigenvalue weighted by Crippen LogP contribution is 2.20. The molecule has 1 aromatic carbocycles. The molecule has 3 N–H and O–H groups in total. The molecule has 1 rings (SSSR count). The van der Waals surface area contributed by atoms with Crippen LogP contribution in [0.4, 0.5) is 4.79 Å². The van der Waals surface area contributed by atoms with Gasteiger partial charge in [-0.15, -0.1) is 11.8 Å². The van der Waals surface area contributed by atoms with Crippen LogP contribution in [0.3, 0.4) is 0 Å². The third-order valence-corrected chi connectivity index (χ3v) is 3.15. The molecule has 0 fully saturated rings. The van der Waals surface area contributed by atoms with E-state index in [1.807, 2.05) is 51.3 Å². The fraction of sp³-hybridized carbons (Fsp3) is 0.500. The number of nitrogens with one attached hydrogen (secondary N) is 1. The van der Waals surface area contributed by atoms with E-state index >= 15 is 0 Å². The maximum absolute atomic E-state index is 11.8. The summed E-state index contributed by atoms with van der Waals surface area (Å²) >= 11 is 1.65. The molecule has 0 bridgehead atoms. The van der Waals surface area contributed by atoms with Gasteiger partial charge in [-0.05, 0) is 44.7 Å². The lowest BCUT2D eigenvalue weighted by Crippen LogP contribution is -2.37. The van der Waals surface area contributed by atoms with E-state index in [9.17, 15) is 4.79 Å². The van der Waals surface area contributed by atoms with Gasteiger partial charge in [0.1, 0.15) is 5.60 Å². The molecule has 0 aliphatic rings. The molecule has 0 saturated carbocycles. The van der Waals surface area contributed by atoms with Crippen molar-refractivity contribution in [2.75, 3.05) is 12.8 Å². The standard InChI is InChI=1S/C14H22N2O2S/c1-14(2,3)18-13(17)16-12(9-15)10-6-5-7-11(8-10)19-4/h5-8,12H,9,15H2,1-4H3,(H,16,17). The van der Waals surface area contributed by atoms with E-state index in [-0.39, 0.29) is 6.04 Å². The van der Waals surface area contributed by atoms with E-state index in [1.165, 1.54) is 0 Å². The number of hydrogen-bond donors (Lipinski definition) is 2. The average Bonchev–Trinajstić information content (AvgIpc) is 2.34. The molecule has 0 aromatic heterocycles. The van der Waals surface area contributed by atoms with E-state index in [2.05, 4.69) is 5.32 Å². The number of carbonyl (C=O) groups is 1. The monoisotopic (exact) mass is 282 g/mol. The number of alkyl carbamates (subject to hydrolysis) is 1. The van der Waals surface area contributed by atoms with Gasteiger partial charge in [-0.25, -0.2) is 4.79 Å². The van der Waals surface area contributed by atoms with Crippen molar-refractivity contribution in [3.05, 3.63) is 29.8 Å². The van der Waals surface area contributed by atoms with E-state index in [0.717, 1.165) is 10.5 Å². The molecular formula is C14H22N2O2S. The second kappa shape index (κ2) is 6.82. The summed E-state index contributed by atoms with van der Waals surface area (Å²) in [7, 11) is 0. The zero-order chi connectivity index (χ0) is 14.5. The Labute approximate surface area is 119 Å². The van der Waals surface area contributed by atoms with Crippen LogP contribution in [0.1, 0.15) is 32.4 Å². The SMILES string of the molecule is CSc1cccc(C(CN)NC(=O)OC(C)(C)C)c1. The Bertz CT molecular complexity index is 430. The van der Waals surface area contributed by atoms with Crippen molar-refractivity contribution in [2.24, 2.45) is 5.73 Å². The predicted octanol–water partition coefficient (Wildman–Crippen LogP) is 2.93. The first-order valence-electron chi connectivity index (χ1n) is 6.19. The Morgan fingerprint density at radius 2 is 2.16 bits per heavy atom. The molecule has 1 aromatic rings. The minimum absolute atomic E-state index is 0.234. The van der Waals surface area contributed by atoms with Gasteiger partial charge in [-0.3, -0.25) is 0 Å². The van der Waals surface area contributed by atoms with Crippen LogP contribution >= 0.6 is 11.8 Å². The van der Waals surface area contributed by atoms with E-state index in [4.69, 9.17) is 10.5 Å². The van der Waals surface area contributed by atoms with Gasteiger partial charge in [0, 0.05) is 11.4 Å². The van der Waals surface area contributed by atoms with Crippen LogP contribution in [0.15, 0.2) is 29.2 Å². The molecule has 0 aliphatic carbocycles. The van der Waals surface area contributed by atoms with Gasteiger partial charge >= 0.3 is 6.09 Å². The van der Waals surface area contributed by atoms with Crippen LogP contribution in [0, 0.1) is 0 Å². The number of hydrogen-bond acceptors (Lipinski definition) is 4. The topological polar surface area (TPSA) is 64.3 Å². The zero-order valence-corrected chi connectivity index (χ0v) is 12.7. The van der Waals surface area contributed by atoms with Gasteiger partial charge in [0.25, 0.3) is 0 Å². The van der Waals surface area contributed by atoms with Crippen molar-refractivity contribution < 1.29 is 9.53 Å². The highest BCUT2D eigenvalue weighted by Gasteiger charge is 2.19. The molecule has 5 heteroatoms. The second-order valence-corrected chi connectivity index (χ2v) is 6.09. The molecule has 106 valence electrons. The minimum atomic E-state index is -0.510. The Kier molecular flexibility index (Phi) is 5.69. The third-order valence-electron chi connectivity index (χ3n) is 2.42. The fourth-order valence-electron chi connectivity index (χ4n) is 1.59. The number of rotatable bonds is 4. The maximum atomic E-state index is 11.8. The second-order valence-electron chi connectivity index (χ2n) is 5.21. The van der Waals surface area contributed by atoms with Crippen LogP contribution < -0.4 is 11.1 Å². The van der Waals surface area contributed by atoms with Crippen LogP contribution in [-0.4, -0.2) is 24.5 Å². The number of carbonyl (C=O) groups excluding carboxylic acids is 1. The fourth-order valence-corrected chi connectivity index (χ4v) is 2.06.